The molecule has 0 saturated carbocycles. The van der Waals surface area contributed by atoms with E-state index in [1.54, 1.807) is 7.11 Å². The molecule has 0 saturated heterocycles. The SMILES string of the molecule is COc1cc(C)cc2c(C)c(C(C)(C)N)n(C)c12. The molecule has 0 radical (unpaired) electrons. The van der Waals surface area contributed by atoms with E-state index in [0.717, 1.165) is 17.0 Å². The Morgan fingerprint density at radius 1 is 1.22 bits per heavy atom. The van der Waals surface area contributed by atoms with Crippen LogP contribution in [0.3, 0.4) is 0 Å². The number of rotatable bonds is 2. The summed E-state index contributed by atoms with van der Waals surface area (Å²) < 4.78 is 7.66. The molecule has 3 heteroatoms. The summed E-state index contributed by atoms with van der Waals surface area (Å²) in [6.45, 7) is 8.29. The first kappa shape index (κ1) is 13.0. The highest BCUT2D eigenvalue weighted by Crippen LogP contribution is 2.36. The molecule has 0 aliphatic heterocycles. The smallest absolute Gasteiger partial charge is 0.143 e. The monoisotopic (exact) mass is 246 g/mol. The second-order valence-electron chi connectivity index (χ2n) is 5.62. The molecule has 3 nitrogen and oxygen atoms in total. The quantitative estimate of drug-likeness (QED) is 0.885. The Kier molecular flexibility index (Phi) is 2.90. The van der Waals surface area contributed by atoms with Gasteiger partial charge in [-0.3, -0.25) is 0 Å². The summed E-state index contributed by atoms with van der Waals surface area (Å²) in [5.41, 5.74) is 10.6. The number of fused-ring (bicyclic) bond motifs is 1. The third kappa shape index (κ3) is 1.79. The Balaban J connectivity index is 2.94. The summed E-state index contributed by atoms with van der Waals surface area (Å²) in [5.74, 6) is 0.908. The van der Waals surface area contributed by atoms with Gasteiger partial charge in [0.1, 0.15) is 5.75 Å². The van der Waals surface area contributed by atoms with E-state index in [2.05, 4.69) is 37.6 Å². The molecule has 1 aromatic heterocycles. The van der Waals surface area contributed by atoms with Gasteiger partial charge in [0.2, 0.25) is 0 Å². The molecule has 98 valence electrons. The maximum absolute atomic E-state index is 6.29. The molecule has 1 aromatic carbocycles. The Morgan fingerprint density at radius 2 is 1.83 bits per heavy atom. The van der Waals surface area contributed by atoms with E-state index < -0.39 is 0 Å². The van der Waals surface area contributed by atoms with Gasteiger partial charge in [0, 0.05) is 18.1 Å². The van der Waals surface area contributed by atoms with Crippen molar-refractivity contribution in [3.8, 4) is 5.75 Å². The molecule has 0 amide bonds. The number of methoxy groups -OCH3 is 1. The first-order valence-electron chi connectivity index (χ1n) is 6.20. The van der Waals surface area contributed by atoms with Gasteiger partial charge < -0.3 is 15.0 Å². The minimum Gasteiger partial charge on any atom is -0.495 e. The van der Waals surface area contributed by atoms with Gasteiger partial charge in [-0.1, -0.05) is 0 Å². The van der Waals surface area contributed by atoms with Crippen LogP contribution in [0.4, 0.5) is 0 Å². The van der Waals surface area contributed by atoms with Gasteiger partial charge >= 0.3 is 0 Å². The molecular formula is C15H22N2O. The molecule has 1 heterocycles. The lowest BCUT2D eigenvalue weighted by molar-refractivity contribution is 0.416. The van der Waals surface area contributed by atoms with Crippen LogP contribution in [0.1, 0.15) is 30.7 Å². The van der Waals surface area contributed by atoms with E-state index in [4.69, 9.17) is 10.5 Å². The number of nitrogens with zero attached hydrogens (tertiary/aromatic N) is 1. The normalized spacial score (nSPS) is 12.2. The fraction of sp³-hybridized carbons (Fsp3) is 0.467. The Morgan fingerprint density at radius 3 is 2.33 bits per heavy atom. The maximum atomic E-state index is 6.29. The standard InChI is InChI=1S/C15H22N2O/c1-9-7-11-10(2)14(15(3,4)16)17(5)13(11)12(8-9)18-6/h7-8H,16H2,1-6H3. The van der Waals surface area contributed by atoms with Gasteiger partial charge in [0.25, 0.3) is 0 Å². The number of nitrogens with two attached hydrogens (primary N) is 1. The van der Waals surface area contributed by atoms with Crippen LogP contribution < -0.4 is 10.5 Å². The molecule has 0 spiro atoms. The molecule has 0 aliphatic rings. The highest BCUT2D eigenvalue weighted by molar-refractivity contribution is 5.91. The largest absolute Gasteiger partial charge is 0.495 e. The van der Waals surface area contributed by atoms with Gasteiger partial charge in [-0.25, -0.2) is 0 Å². The number of ether oxygens (including phenoxy) is 1. The van der Waals surface area contributed by atoms with Gasteiger partial charge in [-0.2, -0.15) is 0 Å². The molecule has 2 N–H and O–H groups in total. The first-order chi connectivity index (χ1) is 8.27. The van der Waals surface area contributed by atoms with Crippen molar-refractivity contribution >= 4 is 10.9 Å². The summed E-state index contributed by atoms with van der Waals surface area (Å²) in [5, 5.41) is 1.22. The predicted molar refractivity (Wildman–Crippen MR) is 76.2 cm³/mol. The summed E-state index contributed by atoms with van der Waals surface area (Å²) in [7, 11) is 3.76. The fourth-order valence-corrected chi connectivity index (χ4v) is 2.94. The van der Waals surface area contributed by atoms with Crippen LogP contribution >= 0.6 is 0 Å². The summed E-state index contributed by atoms with van der Waals surface area (Å²) in [6.07, 6.45) is 0. The Labute approximate surface area is 109 Å². The molecule has 18 heavy (non-hydrogen) atoms. The van der Waals surface area contributed by atoms with Crippen molar-refractivity contribution in [1.82, 2.24) is 4.57 Å². The van der Waals surface area contributed by atoms with Gasteiger partial charge in [-0.05, 0) is 51.0 Å². The van der Waals surface area contributed by atoms with Crippen molar-refractivity contribution in [2.75, 3.05) is 7.11 Å². The van der Waals surface area contributed by atoms with Crippen LogP contribution in [0.5, 0.6) is 5.75 Å². The minimum absolute atomic E-state index is 0.364. The van der Waals surface area contributed by atoms with Gasteiger partial charge in [0.15, 0.2) is 0 Å². The fourth-order valence-electron chi connectivity index (χ4n) is 2.94. The number of hydrogen-bond acceptors (Lipinski definition) is 2. The molecule has 0 bridgehead atoms. The zero-order valence-corrected chi connectivity index (χ0v) is 12.1. The third-order valence-corrected chi connectivity index (χ3v) is 3.48. The highest BCUT2D eigenvalue weighted by Gasteiger charge is 2.25. The lowest BCUT2D eigenvalue weighted by Gasteiger charge is -2.21. The van der Waals surface area contributed by atoms with E-state index in [1.807, 2.05) is 13.8 Å². The lowest BCUT2D eigenvalue weighted by Crippen LogP contribution is -2.31. The second-order valence-corrected chi connectivity index (χ2v) is 5.62. The number of hydrogen-bond donors (Lipinski definition) is 1. The van der Waals surface area contributed by atoms with Crippen molar-refractivity contribution < 1.29 is 4.74 Å². The molecule has 0 atom stereocenters. The minimum atomic E-state index is -0.364. The maximum Gasteiger partial charge on any atom is 0.143 e. The average molecular weight is 246 g/mol. The predicted octanol–water partition coefficient (Wildman–Crippen LogP) is 3.00. The van der Waals surface area contributed by atoms with E-state index >= 15 is 0 Å². The van der Waals surface area contributed by atoms with E-state index in [1.165, 1.54) is 16.5 Å². The van der Waals surface area contributed by atoms with Crippen molar-refractivity contribution in [2.45, 2.75) is 33.2 Å². The van der Waals surface area contributed by atoms with Crippen molar-refractivity contribution in [3.63, 3.8) is 0 Å². The van der Waals surface area contributed by atoms with Crippen molar-refractivity contribution in [1.29, 1.82) is 0 Å². The van der Waals surface area contributed by atoms with Crippen LogP contribution in [0.2, 0.25) is 0 Å². The van der Waals surface area contributed by atoms with Crippen LogP contribution in [0.15, 0.2) is 12.1 Å². The summed E-state index contributed by atoms with van der Waals surface area (Å²) in [6, 6.07) is 4.26. The van der Waals surface area contributed by atoms with Crippen LogP contribution in [-0.2, 0) is 12.6 Å². The third-order valence-electron chi connectivity index (χ3n) is 3.48. The molecule has 0 fully saturated rings. The van der Waals surface area contributed by atoms with Crippen molar-refractivity contribution in [3.05, 3.63) is 29.0 Å². The van der Waals surface area contributed by atoms with Crippen LogP contribution in [0.25, 0.3) is 10.9 Å². The van der Waals surface area contributed by atoms with E-state index in [0.29, 0.717) is 0 Å². The second kappa shape index (κ2) is 4.02. The summed E-state index contributed by atoms with van der Waals surface area (Å²) >= 11 is 0. The zero-order valence-electron chi connectivity index (χ0n) is 12.1. The van der Waals surface area contributed by atoms with Crippen molar-refractivity contribution in [2.24, 2.45) is 12.8 Å². The molecule has 2 aromatic rings. The number of aryl methyl sites for hydroxylation is 3. The molecule has 0 unspecified atom stereocenters. The Hall–Kier alpha value is -1.48. The molecule has 0 aliphatic carbocycles. The van der Waals surface area contributed by atoms with Gasteiger partial charge in [0.05, 0.1) is 18.2 Å². The average Bonchev–Trinajstić information content (AvgIpc) is 2.49. The number of aromatic nitrogens is 1. The molecular weight excluding hydrogens is 224 g/mol. The lowest BCUT2D eigenvalue weighted by atomic mass is 9.97. The molecule has 2 rings (SSSR count). The van der Waals surface area contributed by atoms with E-state index in [-0.39, 0.29) is 5.54 Å². The topological polar surface area (TPSA) is 40.2 Å². The number of benzene rings is 1. The summed E-state index contributed by atoms with van der Waals surface area (Å²) in [4.78, 5) is 0. The zero-order chi connectivity index (χ0) is 13.7. The highest BCUT2D eigenvalue weighted by atomic mass is 16.5. The first-order valence-corrected chi connectivity index (χ1v) is 6.20. The van der Waals surface area contributed by atoms with Gasteiger partial charge in [-0.15, -0.1) is 0 Å². The van der Waals surface area contributed by atoms with Crippen LogP contribution in [-0.4, -0.2) is 11.7 Å². The van der Waals surface area contributed by atoms with Crippen LogP contribution in [0, 0.1) is 13.8 Å². The Bertz CT molecular complexity index is 603. The van der Waals surface area contributed by atoms with E-state index in [9.17, 15) is 0 Å².